The zero-order chi connectivity index (χ0) is 18.4. The third-order valence-electron chi connectivity index (χ3n) is 3.16. The number of aromatic nitrogens is 4. The summed E-state index contributed by atoms with van der Waals surface area (Å²) in [5.74, 6) is -0.0882. The highest BCUT2D eigenvalue weighted by molar-refractivity contribution is 8.00. The largest absolute Gasteiger partial charge is 0.465 e. The Bertz CT molecular complexity index is 900. The number of hydrogen-bond acceptors (Lipinski definition) is 9. The molecule has 1 N–H and O–H groups in total. The lowest BCUT2D eigenvalue weighted by Crippen LogP contribution is -2.13. The van der Waals surface area contributed by atoms with E-state index in [0.717, 1.165) is 9.90 Å². The maximum atomic E-state index is 12.0. The molecule has 8 nitrogen and oxygen atoms in total. The van der Waals surface area contributed by atoms with Crippen LogP contribution in [0.15, 0.2) is 47.2 Å². The molecule has 3 rings (SSSR count). The van der Waals surface area contributed by atoms with Gasteiger partial charge >= 0.3 is 5.97 Å². The Morgan fingerprint density at radius 3 is 2.69 bits per heavy atom. The van der Waals surface area contributed by atoms with E-state index in [1.807, 2.05) is 12.1 Å². The first-order valence-corrected chi connectivity index (χ1v) is 9.17. The second-order valence-corrected chi connectivity index (χ2v) is 7.10. The van der Waals surface area contributed by atoms with Crippen LogP contribution in [0.2, 0.25) is 0 Å². The number of methoxy groups -OCH3 is 1. The fraction of sp³-hybridized carbons (Fsp3) is 0.125. The van der Waals surface area contributed by atoms with Crippen molar-refractivity contribution in [2.75, 3.05) is 12.4 Å². The minimum Gasteiger partial charge on any atom is -0.465 e. The molecule has 0 spiro atoms. The highest BCUT2D eigenvalue weighted by atomic mass is 32.2. The Morgan fingerprint density at radius 1 is 1.19 bits per heavy atom. The molecule has 2 aromatic heterocycles. The first-order valence-electron chi connectivity index (χ1n) is 7.36. The van der Waals surface area contributed by atoms with Gasteiger partial charge in [0.15, 0.2) is 4.34 Å². The second-order valence-electron chi connectivity index (χ2n) is 4.90. The Morgan fingerprint density at radius 2 is 2.00 bits per heavy atom. The zero-order valence-corrected chi connectivity index (χ0v) is 15.2. The van der Waals surface area contributed by atoms with Crippen LogP contribution in [0.4, 0.5) is 5.13 Å². The predicted molar refractivity (Wildman–Crippen MR) is 97.2 cm³/mol. The minimum absolute atomic E-state index is 0.211. The third kappa shape index (κ3) is 4.61. The van der Waals surface area contributed by atoms with Gasteiger partial charge in [-0.15, -0.1) is 10.2 Å². The van der Waals surface area contributed by atoms with Crippen LogP contribution in [0.5, 0.6) is 0 Å². The summed E-state index contributed by atoms with van der Waals surface area (Å²) < 4.78 is 5.39. The van der Waals surface area contributed by atoms with Gasteiger partial charge in [0, 0.05) is 18.1 Å². The Kier molecular flexibility index (Phi) is 5.87. The number of benzene rings is 1. The van der Waals surface area contributed by atoms with Crippen molar-refractivity contribution in [2.24, 2.45) is 0 Å². The van der Waals surface area contributed by atoms with Crippen LogP contribution in [-0.4, -0.2) is 39.2 Å². The zero-order valence-electron chi connectivity index (χ0n) is 13.6. The average molecular weight is 387 g/mol. The van der Waals surface area contributed by atoms with Gasteiger partial charge in [-0.05, 0) is 17.7 Å². The summed E-state index contributed by atoms with van der Waals surface area (Å²) in [5.41, 5.74) is 1.75. The van der Waals surface area contributed by atoms with Gasteiger partial charge in [-0.25, -0.2) is 9.78 Å². The van der Waals surface area contributed by atoms with E-state index >= 15 is 0 Å². The molecule has 0 unspecified atom stereocenters. The van der Waals surface area contributed by atoms with E-state index < -0.39 is 0 Å². The van der Waals surface area contributed by atoms with Crippen LogP contribution in [-0.2, 0) is 10.5 Å². The summed E-state index contributed by atoms with van der Waals surface area (Å²) in [6, 6.07) is 7.15. The van der Waals surface area contributed by atoms with Crippen molar-refractivity contribution in [1.82, 2.24) is 20.2 Å². The summed E-state index contributed by atoms with van der Waals surface area (Å²) in [4.78, 5) is 31.2. The lowest BCUT2D eigenvalue weighted by atomic mass is 10.1. The van der Waals surface area contributed by atoms with Crippen molar-refractivity contribution in [1.29, 1.82) is 0 Å². The van der Waals surface area contributed by atoms with Crippen molar-refractivity contribution < 1.29 is 14.3 Å². The smallest absolute Gasteiger partial charge is 0.337 e. The van der Waals surface area contributed by atoms with Crippen molar-refractivity contribution in [3.63, 3.8) is 0 Å². The molecule has 132 valence electrons. The third-order valence-corrected chi connectivity index (χ3v) is 5.20. The van der Waals surface area contributed by atoms with Crippen molar-refractivity contribution in [2.45, 2.75) is 10.1 Å². The molecule has 0 atom stereocenters. The van der Waals surface area contributed by atoms with E-state index in [9.17, 15) is 9.59 Å². The molecule has 1 aromatic carbocycles. The summed E-state index contributed by atoms with van der Waals surface area (Å²) >= 11 is 2.76. The molecule has 0 radical (unpaired) electrons. The molecule has 0 aliphatic heterocycles. The van der Waals surface area contributed by atoms with E-state index in [-0.39, 0.29) is 17.6 Å². The van der Waals surface area contributed by atoms with Crippen LogP contribution in [0, 0.1) is 0 Å². The van der Waals surface area contributed by atoms with Crippen LogP contribution in [0.1, 0.15) is 26.4 Å². The molecule has 0 bridgehead atoms. The molecule has 0 saturated heterocycles. The van der Waals surface area contributed by atoms with Gasteiger partial charge in [0.2, 0.25) is 5.13 Å². The minimum atomic E-state index is -0.385. The molecule has 1 amide bonds. The fourth-order valence-electron chi connectivity index (χ4n) is 1.90. The van der Waals surface area contributed by atoms with Gasteiger partial charge < -0.3 is 4.74 Å². The van der Waals surface area contributed by atoms with Gasteiger partial charge in [0.25, 0.3) is 5.91 Å². The maximum absolute atomic E-state index is 12.0. The SMILES string of the molecule is COC(=O)c1ccc(CSc2nnc(NC(=O)c3cnccn3)s2)cc1. The van der Waals surface area contributed by atoms with Gasteiger partial charge in [0.1, 0.15) is 5.69 Å². The molecule has 0 aliphatic carbocycles. The molecule has 10 heteroatoms. The summed E-state index contributed by atoms with van der Waals surface area (Å²) in [7, 11) is 1.35. The van der Waals surface area contributed by atoms with E-state index in [4.69, 9.17) is 0 Å². The number of hydrogen-bond donors (Lipinski definition) is 1. The number of esters is 1. The van der Waals surface area contributed by atoms with Crippen molar-refractivity contribution in [3.8, 4) is 0 Å². The Labute approximate surface area is 157 Å². The van der Waals surface area contributed by atoms with Crippen LogP contribution in [0.25, 0.3) is 0 Å². The average Bonchev–Trinajstić information content (AvgIpc) is 3.14. The Balaban J connectivity index is 1.55. The predicted octanol–water partition coefficient (Wildman–Crippen LogP) is 2.66. The first-order chi connectivity index (χ1) is 12.7. The summed E-state index contributed by atoms with van der Waals surface area (Å²) in [6.07, 6.45) is 4.32. The normalized spacial score (nSPS) is 10.3. The number of rotatable bonds is 6. The van der Waals surface area contributed by atoms with E-state index in [1.165, 1.54) is 48.8 Å². The van der Waals surface area contributed by atoms with Crippen molar-refractivity contribution >= 4 is 40.1 Å². The standard InChI is InChI=1S/C16H13N5O3S2/c1-24-14(23)11-4-2-10(3-5-11)9-25-16-21-20-15(26-16)19-13(22)12-8-17-6-7-18-12/h2-8H,9H2,1H3,(H,19,20,22). The van der Waals surface area contributed by atoms with E-state index in [0.29, 0.717) is 16.4 Å². The quantitative estimate of drug-likeness (QED) is 0.391. The first kappa shape index (κ1) is 18.0. The van der Waals surface area contributed by atoms with Crippen molar-refractivity contribution in [3.05, 3.63) is 59.7 Å². The monoisotopic (exact) mass is 387 g/mol. The maximum Gasteiger partial charge on any atom is 0.337 e. The molecule has 0 fully saturated rings. The fourth-order valence-corrected chi connectivity index (χ4v) is 3.60. The number of nitrogens with one attached hydrogen (secondary N) is 1. The highest BCUT2D eigenvalue weighted by Gasteiger charge is 2.12. The van der Waals surface area contributed by atoms with Gasteiger partial charge in [-0.2, -0.15) is 0 Å². The lowest BCUT2D eigenvalue weighted by molar-refractivity contribution is 0.0600. The topological polar surface area (TPSA) is 107 Å². The Hall–Kier alpha value is -2.85. The number of carbonyl (C=O) groups excluding carboxylic acids is 2. The van der Waals surface area contributed by atoms with Gasteiger partial charge in [-0.3, -0.25) is 15.1 Å². The number of amides is 1. The van der Waals surface area contributed by atoms with E-state index in [2.05, 4.69) is 30.2 Å². The molecule has 26 heavy (non-hydrogen) atoms. The number of thioether (sulfide) groups is 1. The number of carbonyl (C=O) groups is 2. The van der Waals surface area contributed by atoms with Crippen LogP contribution in [0.3, 0.4) is 0 Å². The van der Waals surface area contributed by atoms with E-state index in [1.54, 1.807) is 12.1 Å². The molecular weight excluding hydrogens is 374 g/mol. The lowest BCUT2D eigenvalue weighted by Gasteiger charge is -2.01. The molecule has 0 aliphatic rings. The highest BCUT2D eigenvalue weighted by Crippen LogP contribution is 2.28. The van der Waals surface area contributed by atoms with Gasteiger partial charge in [0.05, 0.1) is 18.9 Å². The van der Waals surface area contributed by atoms with Gasteiger partial charge in [-0.1, -0.05) is 35.2 Å². The summed E-state index contributed by atoms with van der Waals surface area (Å²) in [6.45, 7) is 0. The molecule has 2 heterocycles. The van der Waals surface area contributed by atoms with Crippen LogP contribution >= 0.6 is 23.1 Å². The molecule has 3 aromatic rings. The molecular formula is C16H13N5O3S2. The summed E-state index contributed by atoms with van der Waals surface area (Å²) in [5, 5.41) is 11.0. The number of anilines is 1. The molecule has 0 saturated carbocycles. The number of nitrogens with zero attached hydrogens (tertiary/aromatic N) is 4. The van der Waals surface area contributed by atoms with Crippen LogP contribution < -0.4 is 5.32 Å². The number of ether oxygens (including phenoxy) is 1. The second kappa shape index (κ2) is 8.50.